The number of halogens is 1. The molecule has 0 unspecified atom stereocenters. The molecule has 7 heteroatoms. The first-order valence-electron chi connectivity index (χ1n) is 9.60. The number of fused-ring (bicyclic) bond motifs is 2. The molecule has 0 fully saturated rings. The van der Waals surface area contributed by atoms with Gasteiger partial charge in [-0.25, -0.2) is 19.3 Å². The summed E-state index contributed by atoms with van der Waals surface area (Å²) >= 11 is 0. The molecule has 0 saturated carbocycles. The van der Waals surface area contributed by atoms with Crippen molar-refractivity contribution in [3.63, 3.8) is 0 Å². The Morgan fingerprint density at radius 1 is 1.18 bits per heavy atom. The molecule has 0 saturated heterocycles. The summed E-state index contributed by atoms with van der Waals surface area (Å²) in [5.74, 6) is 1.01. The summed E-state index contributed by atoms with van der Waals surface area (Å²) < 4.78 is 13.6. The number of aromatic nitrogens is 5. The van der Waals surface area contributed by atoms with Crippen LogP contribution in [0.4, 0.5) is 10.2 Å². The van der Waals surface area contributed by atoms with Gasteiger partial charge in [-0.2, -0.15) is 0 Å². The van der Waals surface area contributed by atoms with Crippen molar-refractivity contribution in [2.24, 2.45) is 5.92 Å². The van der Waals surface area contributed by atoms with Gasteiger partial charge in [0.15, 0.2) is 11.5 Å². The zero-order valence-corrected chi connectivity index (χ0v) is 16.0. The Hall–Kier alpha value is -3.09. The average molecular weight is 378 g/mol. The first kappa shape index (κ1) is 18.3. The van der Waals surface area contributed by atoms with Crippen LogP contribution in [0.25, 0.3) is 22.1 Å². The number of hydrogen-bond acceptors (Lipinski definition) is 5. The lowest BCUT2D eigenvalue weighted by molar-refractivity contribution is 0.550. The van der Waals surface area contributed by atoms with E-state index in [1.165, 1.54) is 24.0 Å². The fourth-order valence-corrected chi connectivity index (χ4v) is 3.31. The Morgan fingerprint density at radius 3 is 2.93 bits per heavy atom. The highest BCUT2D eigenvalue weighted by molar-refractivity contribution is 5.82. The standard InChI is InChI=1S/C21H23FN6/c1-3-13(2)8-17-15(9-14-4-5-16(22)10-18(14)28-17)6-7-23-20-19-21(25-11-24-19)27-12-26-20/h4-5,9-13H,3,6-8H2,1-2H3,(H2,23,24,25,26,27)/t13-/m1/s1. The van der Waals surface area contributed by atoms with E-state index in [1.807, 2.05) is 0 Å². The molecule has 0 aliphatic heterocycles. The molecule has 144 valence electrons. The van der Waals surface area contributed by atoms with Crippen molar-refractivity contribution in [2.45, 2.75) is 33.1 Å². The maximum absolute atomic E-state index is 13.6. The van der Waals surface area contributed by atoms with Crippen LogP contribution >= 0.6 is 0 Å². The largest absolute Gasteiger partial charge is 0.368 e. The summed E-state index contributed by atoms with van der Waals surface area (Å²) in [5.41, 5.74) is 4.38. The molecule has 1 atom stereocenters. The van der Waals surface area contributed by atoms with Crippen molar-refractivity contribution in [3.8, 4) is 0 Å². The minimum atomic E-state index is -0.253. The van der Waals surface area contributed by atoms with Gasteiger partial charge < -0.3 is 10.3 Å². The molecule has 3 heterocycles. The van der Waals surface area contributed by atoms with Crippen molar-refractivity contribution in [1.29, 1.82) is 0 Å². The maximum Gasteiger partial charge on any atom is 0.182 e. The molecule has 0 spiro atoms. The third-order valence-corrected chi connectivity index (χ3v) is 5.10. The molecule has 2 N–H and O–H groups in total. The molecule has 0 amide bonds. The number of H-pyrrole nitrogens is 1. The highest BCUT2D eigenvalue weighted by atomic mass is 19.1. The lowest BCUT2D eigenvalue weighted by Crippen LogP contribution is -2.11. The number of aromatic amines is 1. The number of anilines is 1. The van der Waals surface area contributed by atoms with Gasteiger partial charge in [0.05, 0.1) is 11.8 Å². The second-order valence-corrected chi connectivity index (χ2v) is 7.15. The number of pyridine rings is 1. The van der Waals surface area contributed by atoms with E-state index in [2.05, 4.69) is 45.2 Å². The first-order chi connectivity index (χ1) is 13.6. The Kier molecular flexibility index (Phi) is 5.14. The van der Waals surface area contributed by atoms with Gasteiger partial charge in [-0.1, -0.05) is 20.3 Å². The number of imidazole rings is 1. The third kappa shape index (κ3) is 3.78. The molecule has 0 radical (unpaired) electrons. The monoisotopic (exact) mass is 378 g/mol. The van der Waals surface area contributed by atoms with E-state index >= 15 is 0 Å². The lowest BCUT2D eigenvalue weighted by atomic mass is 9.97. The van der Waals surface area contributed by atoms with E-state index in [9.17, 15) is 4.39 Å². The molecule has 4 rings (SSSR count). The van der Waals surface area contributed by atoms with Crippen LogP contribution in [0.3, 0.4) is 0 Å². The van der Waals surface area contributed by atoms with Crippen LogP contribution in [0.15, 0.2) is 36.9 Å². The minimum absolute atomic E-state index is 0.253. The fourth-order valence-electron chi connectivity index (χ4n) is 3.31. The van der Waals surface area contributed by atoms with E-state index in [0.717, 1.165) is 41.7 Å². The van der Waals surface area contributed by atoms with Crippen molar-refractivity contribution in [1.82, 2.24) is 24.9 Å². The van der Waals surface area contributed by atoms with Crippen LogP contribution in [0.5, 0.6) is 0 Å². The van der Waals surface area contributed by atoms with Gasteiger partial charge in [0.25, 0.3) is 0 Å². The van der Waals surface area contributed by atoms with Gasteiger partial charge in [0, 0.05) is 23.7 Å². The quantitative estimate of drug-likeness (QED) is 0.502. The van der Waals surface area contributed by atoms with Crippen LogP contribution < -0.4 is 5.32 Å². The van der Waals surface area contributed by atoms with E-state index in [-0.39, 0.29) is 5.82 Å². The normalized spacial score (nSPS) is 12.5. The second kappa shape index (κ2) is 7.88. The highest BCUT2D eigenvalue weighted by Crippen LogP contribution is 2.22. The van der Waals surface area contributed by atoms with Crippen LogP contribution in [-0.2, 0) is 12.8 Å². The van der Waals surface area contributed by atoms with Crippen LogP contribution in [0.1, 0.15) is 31.5 Å². The van der Waals surface area contributed by atoms with Crippen molar-refractivity contribution in [3.05, 3.63) is 54.0 Å². The summed E-state index contributed by atoms with van der Waals surface area (Å²) in [6.45, 7) is 5.10. The molecule has 28 heavy (non-hydrogen) atoms. The molecule has 3 aromatic heterocycles. The number of nitrogens with zero attached hydrogens (tertiary/aromatic N) is 4. The molecule has 0 aliphatic carbocycles. The van der Waals surface area contributed by atoms with Gasteiger partial charge >= 0.3 is 0 Å². The molecule has 4 aromatic rings. The predicted octanol–water partition coefficient (Wildman–Crippen LogP) is 4.28. The minimum Gasteiger partial charge on any atom is -0.368 e. The molecule has 1 aromatic carbocycles. The van der Waals surface area contributed by atoms with E-state index in [1.54, 1.807) is 12.4 Å². The summed E-state index contributed by atoms with van der Waals surface area (Å²) in [6, 6.07) is 6.91. The van der Waals surface area contributed by atoms with Gasteiger partial charge in [-0.05, 0) is 42.5 Å². The van der Waals surface area contributed by atoms with Crippen molar-refractivity contribution >= 4 is 27.9 Å². The van der Waals surface area contributed by atoms with E-state index in [4.69, 9.17) is 4.98 Å². The van der Waals surface area contributed by atoms with E-state index < -0.39 is 0 Å². The molecular formula is C21H23FN6. The zero-order valence-electron chi connectivity index (χ0n) is 16.0. The Bertz CT molecular complexity index is 1110. The number of nitrogens with one attached hydrogen (secondary N) is 2. The number of hydrogen-bond donors (Lipinski definition) is 2. The zero-order chi connectivity index (χ0) is 19.5. The molecular weight excluding hydrogens is 355 g/mol. The van der Waals surface area contributed by atoms with Crippen LogP contribution in [0.2, 0.25) is 0 Å². The Morgan fingerprint density at radius 2 is 2.07 bits per heavy atom. The Balaban J connectivity index is 1.58. The van der Waals surface area contributed by atoms with E-state index in [0.29, 0.717) is 23.6 Å². The first-order valence-corrected chi connectivity index (χ1v) is 9.60. The number of rotatable bonds is 7. The van der Waals surface area contributed by atoms with Gasteiger partial charge in [0.1, 0.15) is 17.7 Å². The lowest BCUT2D eigenvalue weighted by Gasteiger charge is -2.15. The summed E-state index contributed by atoms with van der Waals surface area (Å²) in [5, 5.41) is 4.32. The van der Waals surface area contributed by atoms with Crippen LogP contribution in [-0.4, -0.2) is 31.5 Å². The summed E-state index contributed by atoms with van der Waals surface area (Å²) in [4.78, 5) is 20.4. The fraction of sp³-hybridized carbons (Fsp3) is 0.333. The average Bonchev–Trinajstić information content (AvgIpc) is 3.18. The highest BCUT2D eigenvalue weighted by Gasteiger charge is 2.12. The predicted molar refractivity (Wildman–Crippen MR) is 109 cm³/mol. The van der Waals surface area contributed by atoms with Crippen molar-refractivity contribution < 1.29 is 4.39 Å². The number of benzene rings is 1. The molecule has 6 nitrogen and oxygen atoms in total. The van der Waals surface area contributed by atoms with Crippen LogP contribution in [0, 0.1) is 11.7 Å². The van der Waals surface area contributed by atoms with Gasteiger partial charge in [0.2, 0.25) is 0 Å². The molecule has 0 aliphatic rings. The SMILES string of the molecule is CC[C@@H](C)Cc1nc2cc(F)ccc2cc1CCNc1ncnc2nc[nH]c12. The van der Waals surface area contributed by atoms with Crippen molar-refractivity contribution in [2.75, 3.05) is 11.9 Å². The van der Waals surface area contributed by atoms with Gasteiger partial charge in [-0.3, -0.25) is 4.98 Å². The smallest absolute Gasteiger partial charge is 0.182 e. The second-order valence-electron chi connectivity index (χ2n) is 7.15. The third-order valence-electron chi connectivity index (χ3n) is 5.10. The van der Waals surface area contributed by atoms with Gasteiger partial charge in [-0.15, -0.1) is 0 Å². The summed E-state index contributed by atoms with van der Waals surface area (Å²) in [6.07, 6.45) is 5.88. The topological polar surface area (TPSA) is 79.4 Å². The molecule has 0 bridgehead atoms. The maximum atomic E-state index is 13.6. The Labute approximate surface area is 162 Å². The summed E-state index contributed by atoms with van der Waals surface area (Å²) in [7, 11) is 0.